The summed E-state index contributed by atoms with van der Waals surface area (Å²) in [5, 5.41) is 0. The second kappa shape index (κ2) is 5.48. The minimum atomic E-state index is -0.537. The Labute approximate surface area is 102 Å². The first kappa shape index (κ1) is 11.6. The van der Waals surface area contributed by atoms with Crippen molar-refractivity contribution in [1.29, 1.82) is 0 Å². The van der Waals surface area contributed by atoms with Crippen LogP contribution in [0.25, 0.3) is 0 Å². The molecule has 7 nitrogen and oxygen atoms in total. The summed E-state index contributed by atoms with van der Waals surface area (Å²) in [5.41, 5.74) is 5.01. The maximum atomic E-state index is 11.6. The number of nitrogens with zero attached hydrogens (tertiary/aromatic N) is 3. The molecule has 0 bridgehead atoms. The predicted molar refractivity (Wildman–Crippen MR) is 61.2 cm³/mol. The topological polar surface area (TPSA) is 96.9 Å². The van der Waals surface area contributed by atoms with Gasteiger partial charge in [0.05, 0.1) is 6.20 Å². The zero-order valence-corrected chi connectivity index (χ0v) is 9.20. The Morgan fingerprint density at radius 3 is 2.28 bits per heavy atom. The molecule has 2 rings (SSSR count). The lowest BCUT2D eigenvalue weighted by Gasteiger charge is -2.06. The summed E-state index contributed by atoms with van der Waals surface area (Å²) in [5.74, 6) is -0.972. The molecule has 0 spiro atoms. The van der Waals surface area contributed by atoms with Crippen LogP contribution >= 0.6 is 0 Å². The van der Waals surface area contributed by atoms with E-state index in [0.717, 1.165) is 0 Å². The fraction of sp³-hybridized carbons (Fsp3) is 0. The van der Waals surface area contributed by atoms with Crippen LogP contribution in [0.5, 0.6) is 0 Å². The molecule has 0 aliphatic heterocycles. The van der Waals surface area contributed by atoms with E-state index in [4.69, 9.17) is 0 Å². The van der Waals surface area contributed by atoms with Crippen LogP contribution in [-0.4, -0.2) is 26.8 Å². The molecule has 0 unspecified atom stereocenters. The molecular formula is C11H9N5O2. The number of nitrogens with one attached hydrogen (secondary N) is 2. The summed E-state index contributed by atoms with van der Waals surface area (Å²) in [6, 6.07) is 3.06. The van der Waals surface area contributed by atoms with E-state index in [9.17, 15) is 9.59 Å². The zero-order chi connectivity index (χ0) is 12.8. The van der Waals surface area contributed by atoms with Gasteiger partial charge >= 0.3 is 0 Å². The van der Waals surface area contributed by atoms with Crippen molar-refractivity contribution in [1.82, 2.24) is 25.8 Å². The quantitative estimate of drug-likeness (QED) is 0.720. The molecular weight excluding hydrogens is 234 g/mol. The van der Waals surface area contributed by atoms with Crippen LogP contribution in [0.4, 0.5) is 0 Å². The Morgan fingerprint density at radius 1 is 0.889 bits per heavy atom. The molecule has 2 aromatic rings. The third kappa shape index (κ3) is 2.85. The van der Waals surface area contributed by atoms with E-state index >= 15 is 0 Å². The molecule has 0 saturated carbocycles. The van der Waals surface area contributed by atoms with Crippen molar-refractivity contribution < 1.29 is 9.59 Å². The summed E-state index contributed by atoms with van der Waals surface area (Å²) in [6.45, 7) is 0. The molecule has 0 saturated heterocycles. The lowest BCUT2D eigenvalue weighted by Crippen LogP contribution is -2.41. The smallest absolute Gasteiger partial charge is 0.267 e. The van der Waals surface area contributed by atoms with Gasteiger partial charge in [0.2, 0.25) is 0 Å². The van der Waals surface area contributed by atoms with Gasteiger partial charge in [0.1, 0.15) is 5.69 Å². The average molecular weight is 243 g/mol. The standard InChI is InChI=1S/C11H9N5O2/c17-10(8-1-3-12-4-2-8)15-16-11(18)9-7-13-5-6-14-9/h1-7H,(H,15,17)(H,16,18). The van der Waals surface area contributed by atoms with Crippen molar-refractivity contribution in [3.05, 3.63) is 54.4 Å². The molecule has 18 heavy (non-hydrogen) atoms. The normalized spacial score (nSPS) is 9.56. The summed E-state index contributed by atoms with van der Waals surface area (Å²) in [6.07, 6.45) is 7.11. The van der Waals surface area contributed by atoms with Crippen molar-refractivity contribution in [2.45, 2.75) is 0 Å². The van der Waals surface area contributed by atoms with Crippen LogP contribution in [0.1, 0.15) is 20.8 Å². The zero-order valence-electron chi connectivity index (χ0n) is 9.20. The largest absolute Gasteiger partial charge is 0.289 e. The molecule has 0 atom stereocenters. The van der Waals surface area contributed by atoms with Crippen LogP contribution in [0, 0.1) is 0 Å². The van der Waals surface area contributed by atoms with Crippen molar-refractivity contribution in [2.24, 2.45) is 0 Å². The highest BCUT2D eigenvalue weighted by Crippen LogP contribution is 1.95. The van der Waals surface area contributed by atoms with Crippen molar-refractivity contribution in [2.75, 3.05) is 0 Å². The van der Waals surface area contributed by atoms with Crippen molar-refractivity contribution in [3.8, 4) is 0 Å². The van der Waals surface area contributed by atoms with Crippen LogP contribution in [0.15, 0.2) is 43.1 Å². The van der Waals surface area contributed by atoms with Crippen molar-refractivity contribution in [3.63, 3.8) is 0 Å². The minimum absolute atomic E-state index is 0.118. The molecule has 0 aliphatic carbocycles. The van der Waals surface area contributed by atoms with Gasteiger partial charge in [-0.15, -0.1) is 0 Å². The number of carbonyl (C=O) groups is 2. The van der Waals surface area contributed by atoms with Gasteiger partial charge in [-0.05, 0) is 12.1 Å². The summed E-state index contributed by atoms with van der Waals surface area (Å²) in [7, 11) is 0. The Bertz CT molecular complexity index is 492. The molecule has 7 heteroatoms. The number of carbonyl (C=O) groups excluding carboxylic acids is 2. The number of hydrogen-bond donors (Lipinski definition) is 2. The summed E-state index contributed by atoms with van der Waals surface area (Å²) < 4.78 is 0. The number of hydrogen-bond acceptors (Lipinski definition) is 5. The Morgan fingerprint density at radius 2 is 1.61 bits per heavy atom. The molecule has 90 valence electrons. The van der Waals surface area contributed by atoms with Crippen LogP contribution < -0.4 is 10.9 Å². The summed E-state index contributed by atoms with van der Waals surface area (Å²) in [4.78, 5) is 34.5. The number of amides is 2. The molecule has 0 radical (unpaired) electrons. The maximum Gasteiger partial charge on any atom is 0.289 e. The lowest BCUT2D eigenvalue weighted by atomic mass is 10.3. The number of hydrazine groups is 1. The Balaban J connectivity index is 1.93. The maximum absolute atomic E-state index is 11.6. The van der Waals surface area contributed by atoms with Crippen LogP contribution in [0.2, 0.25) is 0 Å². The van der Waals surface area contributed by atoms with E-state index in [0.29, 0.717) is 5.56 Å². The predicted octanol–water partition coefficient (Wildman–Crippen LogP) is -0.0536. The highest BCUT2D eigenvalue weighted by Gasteiger charge is 2.09. The van der Waals surface area contributed by atoms with E-state index in [1.807, 2.05) is 0 Å². The van der Waals surface area contributed by atoms with Crippen LogP contribution in [0.3, 0.4) is 0 Å². The van der Waals surface area contributed by atoms with Crippen LogP contribution in [-0.2, 0) is 0 Å². The summed E-state index contributed by atoms with van der Waals surface area (Å²) >= 11 is 0. The minimum Gasteiger partial charge on any atom is -0.267 e. The number of aromatic nitrogens is 3. The Kier molecular flexibility index (Phi) is 3.55. The van der Waals surface area contributed by atoms with E-state index < -0.39 is 11.8 Å². The first-order valence-corrected chi connectivity index (χ1v) is 5.04. The highest BCUT2D eigenvalue weighted by atomic mass is 16.2. The Hall–Kier alpha value is -2.83. The fourth-order valence-corrected chi connectivity index (χ4v) is 1.17. The van der Waals surface area contributed by atoms with Gasteiger partial charge in [0.25, 0.3) is 11.8 Å². The molecule has 2 N–H and O–H groups in total. The van der Waals surface area contributed by atoms with Gasteiger partial charge in [0, 0.05) is 30.4 Å². The van der Waals surface area contributed by atoms with Gasteiger partial charge < -0.3 is 0 Å². The lowest BCUT2D eigenvalue weighted by molar-refractivity contribution is 0.0843. The second-order valence-corrected chi connectivity index (χ2v) is 3.23. The third-order valence-electron chi connectivity index (χ3n) is 2.03. The first-order chi connectivity index (χ1) is 8.77. The van der Waals surface area contributed by atoms with E-state index in [1.165, 1.54) is 43.1 Å². The van der Waals surface area contributed by atoms with Gasteiger partial charge in [-0.1, -0.05) is 0 Å². The monoisotopic (exact) mass is 243 g/mol. The van der Waals surface area contributed by atoms with Gasteiger partial charge in [-0.2, -0.15) is 0 Å². The molecule has 0 fully saturated rings. The number of rotatable bonds is 2. The highest BCUT2D eigenvalue weighted by molar-refractivity contribution is 5.97. The molecule has 2 aromatic heterocycles. The molecule has 2 heterocycles. The second-order valence-electron chi connectivity index (χ2n) is 3.23. The SMILES string of the molecule is O=C(NNC(=O)c1cnccn1)c1ccncc1. The molecule has 0 aromatic carbocycles. The van der Waals surface area contributed by atoms with E-state index in [2.05, 4.69) is 25.8 Å². The van der Waals surface area contributed by atoms with Gasteiger partial charge in [-0.3, -0.25) is 30.4 Å². The number of pyridine rings is 1. The van der Waals surface area contributed by atoms with E-state index in [1.54, 1.807) is 0 Å². The average Bonchev–Trinajstić information content (AvgIpc) is 2.46. The third-order valence-corrected chi connectivity index (χ3v) is 2.03. The molecule has 2 amide bonds. The van der Waals surface area contributed by atoms with Gasteiger partial charge in [-0.25, -0.2) is 4.98 Å². The fourth-order valence-electron chi connectivity index (χ4n) is 1.17. The van der Waals surface area contributed by atoms with Gasteiger partial charge in [0.15, 0.2) is 0 Å². The van der Waals surface area contributed by atoms with E-state index in [-0.39, 0.29) is 5.69 Å². The van der Waals surface area contributed by atoms with Crippen molar-refractivity contribution >= 4 is 11.8 Å². The molecule has 0 aliphatic rings. The first-order valence-electron chi connectivity index (χ1n) is 5.04.